The van der Waals surface area contributed by atoms with Crippen LogP contribution in [0.5, 0.6) is 11.5 Å². The van der Waals surface area contributed by atoms with Gasteiger partial charge in [0.05, 0.1) is 30.8 Å². The summed E-state index contributed by atoms with van der Waals surface area (Å²) in [7, 11) is 2.78. The number of hydrogen-bond acceptors (Lipinski definition) is 7. The molecule has 9 heteroatoms. The Morgan fingerprint density at radius 3 is 2.37 bits per heavy atom. The summed E-state index contributed by atoms with van der Waals surface area (Å²) in [6.07, 6.45) is 1.27. The standard InChI is InChI=1S/C18H13ClN2O6/c1-25-15-8-11(14(21(23)24)9-16(15)26-2)7-13-18(22)27-17(20-13)10-3-5-12(19)6-4-10/h3-9H,1-2H3/b13-7+. The normalized spacial score (nSPS) is 14.7. The molecule has 2 aromatic carbocycles. The van der Waals surface area contributed by atoms with Crippen molar-refractivity contribution in [2.45, 2.75) is 0 Å². The number of methoxy groups -OCH3 is 2. The number of carbonyl (C=O) groups is 1. The number of aliphatic imine (C=N–C) groups is 1. The molecule has 8 nitrogen and oxygen atoms in total. The first-order valence-electron chi connectivity index (χ1n) is 7.62. The first kappa shape index (κ1) is 18.4. The van der Waals surface area contributed by atoms with Gasteiger partial charge >= 0.3 is 5.97 Å². The molecule has 0 bridgehead atoms. The van der Waals surface area contributed by atoms with Gasteiger partial charge in [-0.25, -0.2) is 9.79 Å². The number of nitrogens with zero attached hydrogens (tertiary/aromatic N) is 2. The molecule has 0 unspecified atom stereocenters. The average molecular weight is 389 g/mol. The summed E-state index contributed by atoms with van der Waals surface area (Å²) in [6.45, 7) is 0. The van der Waals surface area contributed by atoms with E-state index < -0.39 is 10.9 Å². The van der Waals surface area contributed by atoms with Crippen LogP contribution in [0.3, 0.4) is 0 Å². The molecule has 3 rings (SSSR count). The molecule has 1 aliphatic heterocycles. The average Bonchev–Trinajstić information content (AvgIpc) is 3.02. The molecule has 0 atom stereocenters. The molecule has 1 aliphatic rings. The Balaban J connectivity index is 2.06. The molecule has 2 aromatic rings. The fraction of sp³-hybridized carbons (Fsp3) is 0.111. The zero-order chi connectivity index (χ0) is 19.6. The number of ether oxygens (including phenoxy) is 3. The van der Waals surface area contributed by atoms with Crippen LogP contribution < -0.4 is 9.47 Å². The van der Waals surface area contributed by atoms with E-state index in [1.165, 1.54) is 32.4 Å². The van der Waals surface area contributed by atoms with Gasteiger partial charge in [-0.2, -0.15) is 0 Å². The second kappa shape index (κ2) is 7.46. The highest BCUT2D eigenvalue weighted by Gasteiger charge is 2.26. The molecule has 0 amide bonds. The highest BCUT2D eigenvalue weighted by molar-refractivity contribution is 6.30. The third-order valence-corrected chi connectivity index (χ3v) is 3.99. The van der Waals surface area contributed by atoms with Crippen molar-refractivity contribution in [2.75, 3.05) is 14.2 Å². The molecule has 0 saturated carbocycles. The van der Waals surface area contributed by atoms with E-state index in [0.29, 0.717) is 10.6 Å². The molecular weight excluding hydrogens is 376 g/mol. The van der Waals surface area contributed by atoms with E-state index in [2.05, 4.69) is 4.99 Å². The van der Waals surface area contributed by atoms with Crippen LogP contribution in [-0.4, -0.2) is 31.0 Å². The fourth-order valence-electron chi connectivity index (χ4n) is 2.43. The topological polar surface area (TPSA) is 100 Å². The highest BCUT2D eigenvalue weighted by Crippen LogP contribution is 2.36. The minimum Gasteiger partial charge on any atom is -0.493 e. The van der Waals surface area contributed by atoms with Crippen molar-refractivity contribution >= 4 is 35.2 Å². The van der Waals surface area contributed by atoms with E-state index >= 15 is 0 Å². The molecule has 27 heavy (non-hydrogen) atoms. The highest BCUT2D eigenvalue weighted by atomic mass is 35.5. The van der Waals surface area contributed by atoms with Crippen molar-refractivity contribution in [1.29, 1.82) is 0 Å². The fourth-order valence-corrected chi connectivity index (χ4v) is 2.56. The van der Waals surface area contributed by atoms with E-state index in [-0.39, 0.29) is 34.3 Å². The van der Waals surface area contributed by atoms with E-state index in [0.717, 1.165) is 0 Å². The van der Waals surface area contributed by atoms with Crippen molar-refractivity contribution < 1.29 is 23.9 Å². The maximum absolute atomic E-state index is 12.1. The van der Waals surface area contributed by atoms with Crippen LogP contribution in [0.2, 0.25) is 5.02 Å². The van der Waals surface area contributed by atoms with Gasteiger partial charge in [0.1, 0.15) is 0 Å². The minimum absolute atomic E-state index is 0.0738. The molecule has 0 aliphatic carbocycles. The van der Waals surface area contributed by atoms with E-state index in [9.17, 15) is 14.9 Å². The van der Waals surface area contributed by atoms with E-state index in [4.69, 9.17) is 25.8 Å². The Kier molecular flexibility index (Phi) is 5.09. The SMILES string of the molecule is COc1cc(/C=C2/N=C(c3ccc(Cl)cc3)OC2=O)c([N+](=O)[O-])cc1OC. The summed E-state index contributed by atoms with van der Waals surface area (Å²) in [4.78, 5) is 27.1. The summed E-state index contributed by atoms with van der Waals surface area (Å²) < 4.78 is 15.4. The van der Waals surface area contributed by atoms with Crippen molar-refractivity contribution in [3.05, 3.63) is 68.4 Å². The van der Waals surface area contributed by atoms with Gasteiger partial charge in [-0.1, -0.05) is 11.6 Å². The zero-order valence-electron chi connectivity index (χ0n) is 14.3. The van der Waals surface area contributed by atoms with Crippen LogP contribution in [0.4, 0.5) is 5.69 Å². The number of carbonyl (C=O) groups excluding carboxylic acids is 1. The molecule has 0 aromatic heterocycles. The number of cyclic esters (lactones) is 1. The van der Waals surface area contributed by atoms with Gasteiger partial charge in [0.15, 0.2) is 17.2 Å². The summed E-state index contributed by atoms with van der Waals surface area (Å²) in [6, 6.07) is 9.18. The molecule has 0 saturated heterocycles. The van der Waals surface area contributed by atoms with E-state index in [1.807, 2.05) is 0 Å². The van der Waals surface area contributed by atoms with Crippen molar-refractivity contribution in [1.82, 2.24) is 0 Å². The quantitative estimate of drug-likeness (QED) is 0.335. The van der Waals surface area contributed by atoms with Crippen LogP contribution in [0.1, 0.15) is 11.1 Å². The van der Waals surface area contributed by atoms with Gasteiger partial charge in [-0.05, 0) is 36.4 Å². The smallest absolute Gasteiger partial charge is 0.363 e. The molecule has 1 heterocycles. The molecule has 0 spiro atoms. The monoisotopic (exact) mass is 388 g/mol. The van der Waals surface area contributed by atoms with Crippen LogP contribution in [0, 0.1) is 10.1 Å². The van der Waals surface area contributed by atoms with Gasteiger partial charge in [-0.15, -0.1) is 0 Å². The van der Waals surface area contributed by atoms with Crippen molar-refractivity contribution in [3.8, 4) is 11.5 Å². The third kappa shape index (κ3) is 3.75. The predicted molar refractivity (Wildman–Crippen MR) is 98.3 cm³/mol. The summed E-state index contributed by atoms with van der Waals surface area (Å²) in [5.41, 5.74) is 0.349. The number of halogens is 1. The number of rotatable bonds is 5. The number of benzene rings is 2. The second-order valence-corrected chi connectivity index (χ2v) is 5.80. The van der Waals surface area contributed by atoms with Crippen molar-refractivity contribution in [2.24, 2.45) is 4.99 Å². The first-order chi connectivity index (χ1) is 12.9. The maximum atomic E-state index is 12.1. The summed E-state index contributed by atoms with van der Waals surface area (Å²) >= 11 is 5.84. The number of nitro benzene ring substituents is 1. The van der Waals surface area contributed by atoms with Crippen LogP contribution in [0.15, 0.2) is 47.1 Å². The van der Waals surface area contributed by atoms with Crippen LogP contribution in [0.25, 0.3) is 6.08 Å². The van der Waals surface area contributed by atoms with Gasteiger partial charge in [0.25, 0.3) is 5.69 Å². The van der Waals surface area contributed by atoms with E-state index in [1.54, 1.807) is 24.3 Å². The second-order valence-electron chi connectivity index (χ2n) is 5.37. The summed E-state index contributed by atoms with van der Waals surface area (Å²) in [5.74, 6) is -0.149. The molecule has 0 radical (unpaired) electrons. The largest absolute Gasteiger partial charge is 0.493 e. The molecule has 0 fully saturated rings. The van der Waals surface area contributed by atoms with Crippen molar-refractivity contribution in [3.63, 3.8) is 0 Å². The third-order valence-electron chi connectivity index (χ3n) is 3.73. The number of esters is 1. The number of nitro groups is 1. The molecular formula is C18H13ClN2O6. The lowest BCUT2D eigenvalue weighted by molar-refractivity contribution is -0.385. The van der Waals surface area contributed by atoms with Crippen LogP contribution in [-0.2, 0) is 9.53 Å². The Morgan fingerprint density at radius 2 is 1.78 bits per heavy atom. The first-order valence-corrected chi connectivity index (χ1v) is 7.99. The Morgan fingerprint density at radius 1 is 1.15 bits per heavy atom. The summed E-state index contributed by atoms with van der Waals surface area (Å²) in [5, 5.41) is 11.9. The zero-order valence-corrected chi connectivity index (χ0v) is 15.0. The maximum Gasteiger partial charge on any atom is 0.363 e. The predicted octanol–water partition coefficient (Wildman–Crippen LogP) is 3.61. The van der Waals surface area contributed by atoms with Gasteiger partial charge in [0.2, 0.25) is 5.90 Å². The van der Waals surface area contributed by atoms with Gasteiger partial charge in [-0.3, -0.25) is 10.1 Å². The number of hydrogen-bond donors (Lipinski definition) is 0. The van der Waals surface area contributed by atoms with Gasteiger partial charge < -0.3 is 14.2 Å². The Hall–Kier alpha value is -3.39. The Bertz CT molecular complexity index is 982. The lowest BCUT2D eigenvalue weighted by atomic mass is 10.1. The lowest BCUT2D eigenvalue weighted by Crippen LogP contribution is -2.05. The minimum atomic E-state index is -0.718. The molecule has 138 valence electrons. The van der Waals surface area contributed by atoms with Gasteiger partial charge in [0, 0.05) is 10.6 Å². The Labute approximate surface area is 158 Å². The molecule has 0 N–H and O–H groups in total. The lowest BCUT2D eigenvalue weighted by Gasteiger charge is -2.08. The van der Waals surface area contributed by atoms with Crippen LogP contribution >= 0.6 is 11.6 Å².